The molecule has 0 radical (unpaired) electrons. The van der Waals surface area contributed by atoms with E-state index >= 15 is 0 Å². The third kappa shape index (κ3) is 3.00. The molecule has 0 saturated heterocycles. The quantitative estimate of drug-likeness (QED) is 0.638. The molecule has 1 heteroatoms. The van der Waals surface area contributed by atoms with Gasteiger partial charge in [-0.2, -0.15) is 0 Å². The summed E-state index contributed by atoms with van der Waals surface area (Å²) in [6.45, 7) is 6.82. The summed E-state index contributed by atoms with van der Waals surface area (Å²) in [5.74, 6) is 0. The van der Waals surface area contributed by atoms with Gasteiger partial charge in [-0.05, 0) is 22.1 Å². The first-order valence-electron chi connectivity index (χ1n) is 6.39. The fraction of sp³-hybridized carbons (Fsp3) is 0.294. The van der Waals surface area contributed by atoms with Crippen molar-refractivity contribution in [1.82, 2.24) is 0 Å². The van der Waals surface area contributed by atoms with Crippen molar-refractivity contribution in [2.75, 3.05) is 0 Å². The van der Waals surface area contributed by atoms with E-state index in [0.29, 0.717) is 5.66 Å². The van der Waals surface area contributed by atoms with Gasteiger partial charge in [-0.25, -0.2) is 0 Å². The second-order valence-electron chi connectivity index (χ2n) is 5.83. The summed E-state index contributed by atoms with van der Waals surface area (Å²) in [5.41, 5.74) is 4.71. The molecule has 94 valence electrons. The van der Waals surface area contributed by atoms with Gasteiger partial charge in [0.2, 0.25) is 0 Å². The van der Waals surface area contributed by atoms with Crippen molar-refractivity contribution in [2.24, 2.45) is 5.41 Å². The average molecular weight is 256 g/mol. The lowest BCUT2D eigenvalue weighted by molar-refractivity contribution is 0.401. The molecule has 0 aliphatic carbocycles. The zero-order valence-electron chi connectivity index (χ0n) is 11.4. The highest BCUT2D eigenvalue weighted by molar-refractivity contribution is 7.17. The maximum atomic E-state index is 2.96. The van der Waals surface area contributed by atoms with Gasteiger partial charge in [0.25, 0.3) is 0 Å². The van der Waals surface area contributed by atoms with Crippen molar-refractivity contribution < 1.29 is 0 Å². The Morgan fingerprint density at radius 3 is 1.78 bits per heavy atom. The lowest BCUT2D eigenvalue weighted by Gasteiger charge is -2.27. The highest BCUT2D eigenvalue weighted by Crippen LogP contribution is 2.40. The molecule has 0 aliphatic heterocycles. The molecule has 2 unspecified atom stereocenters. The Bertz CT molecular complexity index is 491. The van der Waals surface area contributed by atoms with Crippen LogP contribution in [0.25, 0.3) is 11.1 Å². The first-order valence-corrected chi connectivity index (χ1v) is 7.06. The molecule has 18 heavy (non-hydrogen) atoms. The fourth-order valence-corrected chi connectivity index (χ4v) is 2.24. The van der Waals surface area contributed by atoms with Crippen LogP contribution in [0.3, 0.4) is 0 Å². The third-order valence-electron chi connectivity index (χ3n) is 3.31. The topological polar surface area (TPSA) is 0 Å². The van der Waals surface area contributed by atoms with E-state index in [1.54, 1.807) is 0 Å². The Morgan fingerprint density at radius 1 is 0.778 bits per heavy atom. The van der Waals surface area contributed by atoms with Gasteiger partial charge in [-0.3, -0.25) is 0 Å². The maximum absolute atomic E-state index is 2.96. The van der Waals surface area contributed by atoms with Gasteiger partial charge in [0.1, 0.15) is 0 Å². The first kappa shape index (κ1) is 13.3. The molecular weight excluding hydrogens is 235 g/mol. The van der Waals surface area contributed by atoms with Crippen LogP contribution in [-0.2, 0) is 0 Å². The standard InChI is InChI=1S/C17H21P/c1-17(2,3)16(18)15-11-9-14(10-12-15)13-7-5-4-6-8-13/h4-12,16H,18H2,1-3H3. The van der Waals surface area contributed by atoms with Gasteiger partial charge in [0, 0.05) is 5.66 Å². The molecule has 2 aromatic carbocycles. The minimum absolute atomic E-state index is 0.277. The van der Waals surface area contributed by atoms with E-state index in [1.165, 1.54) is 16.7 Å². The molecule has 0 bridgehead atoms. The van der Waals surface area contributed by atoms with Crippen LogP contribution in [0, 0.1) is 5.41 Å². The zero-order valence-corrected chi connectivity index (χ0v) is 12.5. The van der Waals surface area contributed by atoms with E-state index in [9.17, 15) is 0 Å². The van der Waals surface area contributed by atoms with Crippen LogP contribution in [0.5, 0.6) is 0 Å². The highest BCUT2D eigenvalue weighted by atomic mass is 31.0. The van der Waals surface area contributed by atoms with Gasteiger partial charge >= 0.3 is 0 Å². The zero-order chi connectivity index (χ0) is 13.2. The normalized spacial score (nSPS) is 13.3. The summed E-state index contributed by atoms with van der Waals surface area (Å²) in [7, 11) is 2.96. The van der Waals surface area contributed by atoms with E-state index in [-0.39, 0.29) is 5.41 Å². The monoisotopic (exact) mass is 256 g/mol. The van der Waals surface area contributed by atoms with Crippen LogP contribution in [-0.4, -0.2) is 0 Å². The van der Waals surface area contributed by atoms with E-state index in [2.05, 4.69) is 84.6 Å². The summed E-state index contributed by atoms with van der Waals surface area (Å²) in [6.07, 6.45) is 0. The first-order chi connectivity index (χ1) is 8.48. The largest absolute Gasteiger partial charge is 0.129 e. The Hall–Kier alpha value is -1.13. The van der Waals surface area contributed by atoms with Crippen molar-refractivity contribution in [3.8, 4) is 11.1 Å². The van der Waals surface area contributed by atoms with Gasteiger partial charge in [0.15, 0.2) is 0 Å². The number of hydrogen-bond acceptors (Lipinski definition) is 0. The van der Waals surface area contributed by atoms with Crippen molar-refractivity contribution in [2.45, 2.75) is 26.4 Å². The molecule has 2 rings (SSSR count). The lowest BCUT2D eigenvalue weighted by atomic mass is 9.87. The SMILES string of the molecule is CC(C)(C)C(P)c1ccc(-c2ccccc2)cc1. The molecule has 0 aliphatic rings. The van der Waals surface area contributed by atoms with Crippen molar-refractivity contribution in [3.63, 3.8) is 0 Å². The minimum Gasteiger partial charge on any atom is -0.129 e. The van der Waals surface area contributed by atoms with Crippen molar-refractivity contribution in [1.29, 1.82) is 0 Å². The van der Waals surface area contributed by atoms with Crippen LogP contribution >= 0.6 is 9.24 Å². The van der Waals surface area contributed by atoms with E-state index in [0.717, 1.165) is 0 Å². The van der Waals surface area contributed by atoms with Crippen LogP contribution in [0.2, 0.25) is 0 Å². The van der Waals surface area contributed by atoms with Crippen molar-refractivity contribution in [3.05, 3.63) is 60.2 Å². The Balaban J connectivity index is 2.26. The molecule has 0 heterocycles. The summed E-state index contributed by atoms with van der Waals surface area (Å²) in [4.78, 5) is 0. The van der Waals surface area contributed by atoms with Gasteiger partial charge < -0.3 is 0 Å². The molecule has 0 N–H and O–H groups in total. The van der Waals surface area contributed by atoms with Crippen LogP contribution in [0.1, 0.15) is 32.0 Å². The van der Waals surface area contributed by atoms with Gasteiger partial charge in [-0.1, -0.05) is 75.4 Å². The molecule has 0 fully saturated rings. The molecule has 2 aromatic rings. The number of hydrogen-bond donors (Lipinski definition) is 0. The Labute approximate surface area is 113 Å². The van der Waals surface area contributed by atoms with Crippen molar-refractivity contribution >= 4 is 9.24 Å². The molecule has 0 spiro atoms. The predicted octanol–water partition coefficient (Wildman–Crippen LogP) is 5.32. The lowest BCUT2D eigenvalue weighted by Crippen LogP contribution is -2.12. The van der Waals surface area contributed by atoms with Crippen LogP contribution in [0.15, 0.2) is 54.6 Å². The molecule has 0 aromatic heterocycles. The van der Waals surface area contributed by atoms with E-state index < -0.39 is 0 Å². The third-order valence-corrected chi connectivity index (χ3v) is 4.69. The molecule has 0 nitrogen and oxygen atoms in total. The smallest absolute Gasteiger partial charge is 0.00338 e. The summed E-state index contributed by atoms with van der Waals surface area (Å²) in [5, 5.41) is 0. The fourth-order valence-electron chi connectivity index (χ4n) is 2.01. The summed E-state index contributed by atoms with van der Waals surface area (Å²) < 4.78 is 0. The summed E-state index contributed by atoms with van der Waals surface area (Å²) >= 11 is 0. The second kappa shape index (κ2) is 5.24. The highest BCUT2D eigenvalue weighted by Gasteiger charge is 2.21. The van der Waals surface area contributed by atoms with Crippen LogP contribution < -0.4 is 0 Å². The maximum Gasteiger partial charge on any atom is 0.00338 e. The predicted molar refractivity (Wildman–Crippen MR) is 83.8 cm³/mol. The minimum atomic E-state index is 0.277. The van der Waals surface area contributed by atoms with Gasteiger partial charge in [0.05, 0.1) is 0 Å². The Morgan fingerprint density at radius 2 is 1.28 bits per heavy atom. The van der Waals surface area contributed by atoms with Crippen LogP contribution in [0.4, 0.5) is 0 Å². The molecule has 2 atom stereocenters. The van der Waals surface area contributed by atoms with Gasteiger partial charge in [-0.15, -0.1) is 9.24 Å². The molecule has 0 amide bonds. The Kier molecular flexibility index (Phi) is 3.88. The average Bonchev–Trinajstić information content (AvgIpc) is 2.38. The molecular formula is C17H21P. The van der Waals surface area contributed by atoms with E-state index in [4.69, 9.17) is 0 Å². The number of benzene rings is 2. The second-order valence-corrected chi connectivity index (χ2v) is 6.50. The van der Waals surface area contributed by atoms with E-state index in [1.807, 2.05) is 0 Å². The molecule has 0 saturated carbocycles. The number of rotatable bonds is 2. The summed E-state index contributed by atoms with van der Waals surface area (Å²) in [6, 6.07) is 19.4.